The molecule has 0 fully saturated rings. The Hall–Kier alpha value is -1.52. The summed E-state index contributed by atoms with van der Waals surface area (Å²) in [5.41, 5.74) is 0.301. The molecule has 6 heteroatoms. The van der Waals surface area contributed by atoms with Crippen molar-refractivity contribution in [1.82, 2.24) is 0 Å². The van der Waals surface area contributed by atoms with Crippen molar-refractivity contribution in [1.29, 1.82) is 0 Å². The number of rotatable bonds is 8. The van der Waals surface area contributed by atoms with Gasteiger partial charge in [-0.3, -0.25) is 4.79 Å². The van der Waals surface area contributed by atoms with Crippen LogP contribution in [0.3, 0.4) is 0 Å². The largest absolute Gasteiger partial charge is 0.489 e. The quantitative estimate of drug-likeness (QED) is 0.579. The molecule has 0 saturated heterocycles. The molecule has 1 aromatic rings. The Morgan fingerprint density at radius 1 is 1.48 bits per heavy atom. The number of aliphatic carboxylic acids is 1. The van der Waals surface area contributed by atoms with E-state index in [4.69, 9.17) is 27.9 Å². The molecule has 0 amide bonds. The third kappa shape index (κ3) is 3.99. The molecule has 1 rings (SSSR count). The van der Waals surface area contributed by atoms with E-state index in [1.165, 1.54) is 12.1 Å². The normalized spacial score (nSPS) is 13.3. The van der Waals surface area contributed by atoms with Gasteiger partial charge in [-0.25, -0.2) is 0 Å². The summed E-state index contributed by atoms with van der Waals surface area (Å²) in [4.78, 5) is 22.8. The highest BCUT2D eigenvalue weighted by Gasteiger charge is 2.32. The van der Waals surface area contributed by atoms with Crippen LogP contribution in [-0.4, -0.2) is 24.0 Å². The van der Waals surface area contributed by atoms with E-state index in [0.717, 1.165) is 0 Å². The van der Waals surface area contributed by atoms with Crippen LogP contribution in [0.4, 0.5) is 0 Å². The van der Waals surface area contributed by atoms with E-state index >= 15 is 0 Å². The molecule has 2 atom stereocenters. The summed E-state index contributed by atoms with van der Waals surface area (Å²) >= 11 is 12.1. The minimum Gasteiger partial charge on any atom is -0.489 e. The number of aldehydes is 1. The van der Waals surface area contributed by atoms with Gasteiger partial charge in [0.2, 0.25) is 0 Å². The van der Waals surface area contributed by atoms with E-state index in [2.05, 4.69) is 6.58 Å². The van der Waals surface area contributed by atoms with Gasteiger partial charge in [0.25, 0.3) is 0 Å². The van der Waals surface area contributed by atoms with Gasteiger partial charge in [-0.15, -0.1) is 0 Å². The molecule has 0 bridgehead atoms. The maximum atomic E-state index is 11.5. The second kappa shape index (κ2) is 8.05. The fraction of sp³-hybridized carbons (Fsp3) is 0.333. The van der Waals surface area contributed by atoms with Gasteiger partial charge in [0, 0.05) is 5.56 Å². The summed E-state index contributed by atoms with van der Waals surface area (Å²) in [6, 6.07) is 3.10. The second-order valence-electron chi connectivity index (χ2n) is 4.39. The van der Waals surface area contributed by atoms with Gasteiger partial charge in [0.1, 0.15) is 18.6 Å². The van der Waals surface area contributed by atoms with Crippen LogP contribution < -0.4 is 4.74 Å². The van der Waals surface area contributed by atoms with Crippen molar-refractivity contribution < 1.29 is 19.4 Å². The Bertz CT molecular complexity index is 543. The first-order valence-electron chi connectivity index (χ1n) is 6.37. The average Bonchev–Trinajstić information content (AvgIpc) is 2.46. The number of halogens is 2. The number of carbonyl (C=O) groups excluding carboxylic acids is 1. The number of hydrogen-bond donors (Lipinski definition) is 1. The van der Waals surface area contributed by atoms with Crippen LogP contribution in [-0.2, 0) is 9.59 Å². The zero-order valence-corrected chi connectivity index (χ0v) is 13.0. The molecule has 0 spiro atoms. The molecule has 4 nitrogen and oxygen atoms in total. The standard InChI is InChI=1S/C15H16Cl2O4/c1-3-7-21-12-6-5-11(16)14(17)13(12)10(8-18)9(4-2)15(19)20/h3,5-6,8-10H,1,4,7H2,2H3,(H,19,20). The van der Waals surface area contributed by atoms with E-state index < -0.39 is 17.8 Å². The first-order valence-corrected chi connectivity index (χ1v) is 7.13. The number of benzene rings is 1. The number of hydrogen-bond acceptors (Lipinski definition) is 3. The third-order valence-corrected chi connectivity index (χ3v) is 3.94. The average molecular weight is 331 g/mol. The van der Waals surface area contributed by atoms with Crippen LogP contribution in [0.15, 0.2) is 24.8 Å². The van der Waals surface area contributed by atoms with Gasteiger partial charge in [-0.05, 0) is 18.6 Å². The van der Waals surface area contributed by atoms with E-state index in [1.807, 2.05) is 0 Å². The van der Waals surface area contributed by atoms with Gasteiger partial charge in [0.05, 0.1) is 21.9 Å². The lowest BCUT2D eigenvalue weighted by molar-refractivity contribution is -0.143. The van der Waals surface area contributed by atoms with Crippen molar-refractivity contribution in [2.24, 2.45) is 5.92 Å². The van der Waals surface area contributed by atoms with E-state index in [9.17, 15) is 14.7 Å². The van der Waals surface area contributed by atoms with Gasteiger partial charge in [-0.2, -0.15) is 0 Å². The summed E-state index contributed by atoms with van der Waals surface area (Å²) in [5.74, 6) is -2.57. The molecule has 0 aliphatic rings. The maximum Gasteiger partial charge on any atom is 0.307 e. The Balaban J connectivity index is 3.41. The topological polar surface area (TPSA) is 63.6 Å². The van der Waals surface area contributed by atoms with Crippen molar-refractivity contribution in [3.8, 4) is 5.75 Å². The van der Waals surface area contributed by atoms with Crippen molar-refractivity contribution >= 4 is 35.5 Å². The summed E-state index contributed by atoms with van der Waals surface area (Å²) in [7, 11) is 0. The van der Waals surface area contributed by atoms with Gasteiger partial charge in [-0.1, -0.05) is 42.8 Å². The Morgan fingerprint density at radius 3 is 2.62 bits per heavy atom. The summed E-state index contributed by atoms with van der Waals surface area (Å²) in [5, 5.41) is 9.65. The van der Waals surface area contributed by atoms with E-state index in [-0.39, 0.29) is 23.1 Å². The lowest BCUT2D eigenvalue weighted by Crippen LogP contribution is -2.23. The van der Waals surface area contributed by atoms with Crippen molar-refractivity contribution in [2.45, 2.75) is 19.3 Å². The predicted molar refractivity (Wildman–Crippen MR) is 82.4 cm³/mol. The Kier molecular flexibility index (Phi) is 6.72. The third-order valence-electron chi connectivity index (χ3n) is 3.12. The van der Waals surface area contributed by atoms with Crippen LogP contribution in [0.25, 0.3) is 0 Å². The van der Waals surface area contributed by atoms with Crippen molar-refractivity contribution in [2.75, 3.05) is 6.61 Å². The van der Waals surface area contributed by atoms with Crippen LogP contribution in [0.5, 0.6) is 5.75 Å². The van der Waals surface area contributed by atoms with Gasteiger partial charge in [0.15, 0.2) is 0 Å². The molecule has 0 saturated carbocycles. The minimum atomic E-state index is -1.07. The van der Waals surface area contributed by atoms with Crippen molar-refractivity contribution in [3.05, 3.63) is 40.4 Å². The molecule has 0 aromatic heterocycles. The molecule has 0 aliphatic heterocycles. The SMILES string of the molecule is C=CCOc1ccc(Cl)c(Cl)c1C(C=O)C(CC)C(=O)O. The monoisotopic (exact) mass is 330 g/mol. The first-order chi connectivity index (χ1) is 9.97. The first kappa shape index (κ1) is 17.5. The molecule has 0 heterocycles. The number of carboxylic acid groups (broad SMARTS) is 1. The van der Waals surface area contributed by atoms with Crippen LogP contribution in [0, 0.1) is 5.92 Å². The molecule has 1 N–H and O–H groups in total. The highest BCUT2D eigenvalue weighted by Crippen LogP contribution is 2.41. The number of carboxylic acids is 1. The van der Waals surface area contributed by atoms with Crippen LogP contribution >= 0.6 is 23.2 Å². The van der Waals surface area contributed by atoms with Crippen molar-refractivity contribution in [3.63, 3.8) is 0 Å². The highest BCUT2D eigenvalue weighted by atomic mass is 35.5. The predicted octanol–water partition coefficient (Wildman–Crippen LogP) is 3.95. The van der Waals surface area contributed by atoms with Gasteiger partial charge < -0.3 is 14.6 Å². The molecule has 2 unspecified atom stereocenters. The van der Waals surface area contributed by atoms with Crippen LogP contribution in [0.1, 0.15) is 24.8 Å². The fourth-order valence-corrected chi connectivity index (χ4v) is 2.53. The maximum absolute atomic E-state index is 11.5. The van der Waals surface area contributed by atoms with Crippen LogP contribution in [0.2, 0.25) is 10.0 Å². The summed E-state index contributed by atoms with van der Waals surface area (Å²) in [6.45, 7) is 5.44. The fourth-order valence-electron chi connectivity index (χ4n) is 2.08. The number of ether oxygens (including phenoxy) is 1. The molecular weight excluding hydrogens is 315 g/mol. The highest BCUT2D eigenvalue weighted by molar-refractivity contribution is 6.42. The summed E-state index contributed by atoms with van der Waals surface area (Å²) < 4.78 is 5.47. The molecule has 21 heavy (non-hydrogen) atoms. The minimum absolute atomic E-state index is 0.134. The molecule has 1 aromatic carbocycles. The van der Waals surface area contributed by atoms with Gasteiger partial charge >= 0.3 is 5.97 Å². The lowest BCUT2D eigenvalue weighted by Gasteiger charge is -2.22. The zero-order chi connectivity index (χ0) is 16.0. The molecule has 0 aliphatic carbocycles. The zero-order valence-electron chi connectivity index (χ0n) is 11.5. The molecule has 0 radical (unpaired) electrons. The smallest absolute Gasteiger partial charge is 0.307 e. The number of carbonyl (C=O) groups is 2. The second-order valence-corrected chi connectivity index (χ2v) is 5.17. The Morgan fingerprint density at radius 2 is 2.14 bits per heavy atom. The Labute approximate surface area is 133 Å². The molecule has 114 valence electrons. The van der Waals surface area contributed by atoms with E-state index in [1.54, 1.807) is 13.0 Å². The summed E-state index contributed by atoms with van der Waals surface area (Å²) in [6.07, 6.45) is 2.39. The molecular formula is C15H16Cl2O4. The lowest BCUT2D eigenvalue weighted by atomic mass is 9.85. The van der Waals surface area contributed by atoms with E-state index in [0.29, 0.717) is 17.6 Å².